The van der Waals surface area contributed by atoms with Crippen LogP contribution in [0.15, 0.2) is 22.7 Å². The van der Waals surface area contributed by atoms with Gasteiger partial charge in [-0.15, -0.1) is 0 Å². The first-order chi connectivity index (χ1) is 11.5. The molecule has 2 aromatic rings. The summed E-state index contributed by atoms with van der Waals surface area (Å²) >= 11 is 0. The SMILES string of the molecule is Cc1noc(C2CCN(C(=O)CCc3ccc(F)c(F)c3)CC2)n1. The van der Waals surface area contributed by atoms with Crippen LogP contribution in [0.5, 0.6) is 0 Å². The lowest BCUT2D eigenvalue weighted by Crippen LogP contribution is -2.38. The maximum absolute atomic E-state index is 13.2. The largest absolute Gasteiger partial charge is 0.343 e. The first kappa shape index (κ1) is 16.5. The van der Waals surface area contributed by atoms with Crippen LogP contribution in [0.3, 0.4) is 0 Å². The molecule has 1 aromatic carbocycles. The van der Waals surface area contributed by atoms with E-state index in [9.17, 15) is 13.6 Å². The molecule has 0 saturated carbocycles. The number of hydrogen-bond donors (Lipinski definition) is 0. The van der Waals surface area contributed by atoms with Crippen LogP contribution in [0.2, 0.25) is 0 Å². The average molecular weight is 335 g/mol. The molecule has 1 aliphatic rings. The number of hydrogen-bond acceptors (Lipinski definition) is 4. The number of aryl methyl sites for hydroxylation is 2. The lowest BCUT2D eigenvalue weighted by molar-refractivity contribution is -0.132. The molecule has 0 aliphatic carbocycles. The highest BCUT2D eigenvalue weighted by Crippen LogP contribution is 2.27. The van der Waals surface area contributed by atoms with E-state index in [2.05, 4.69) is 10.1 Å². The Kier molecular flexibility index (Phi) is 4.87. The van der Waals surface area contributed by atoms with Crippen LogP contribution in [0.4, 0.5) is 8.78 Å². The monoisotopic (exact) mass is 335 g/mol. The van der Waals surface area contributed by atoms with Crippen molar-refractivity contribution in [2.75, 3.05) is 13.1 Å². The Balaban J connectivity index is 1.49. The Hall–Kier alpha value is -2.31. The van der Waals surface area contributed by atoms with E-state index in [0.29, 0.717) is 36.8 Å². The minimum Gasteiger partial charge on any atom is -0.343 e. The molecule has 1 fully saturated rings. The summed E-state index contributed by atoms with van der Waals surface area (Å²) in [5.74, 6) is -0.267. The van der Waals surface area contributed by atoms with Crippen molar-refractivity contribution in [3.8, 4) is 0 Å². The molecule has 0 unspecified atom stereocenters. The molecule has 0 atom stereocenters. The van der Waals surface area contributed by atoms with E-state index in [-0.39, 0.29) is 18.2 Å². The Bertz CT molecular complexity index is 724. The molecule has 24 heavy (non-hydrogen) atoms. The fourth-order valence-corrected chi connectivity index (χ4v) is 2.96. The van der Waals surface area contributed by atoms with Gasteiger partial charge in [-0.05, 0) is 43.9 Å². The van der Waals surface area contributed by atoms with Gasteiger partial charge in [-0.25, -0.2) is 8.78 Å². The van der Waals surface area contributed by atoms with Crippen LogP contribution < -0.4 is 0 Å². The summed E-state index contributed by atoms with van der Waals surface area (Å²) in [6.07, 6.45) is 2.27. The van der Waals surface area contributed by atoms with Gasteiger partial charge in [0.2, 0.25) is 11.8 Å². The smallest absolute Gasteiger partial charge is 0.229 e. The quantitative estimate of drug-likeness (QED) is 0.862. The van der Waals surface area contributed by atoms with E-state index in [0.717, 1.165) is 25.0 Å². The maximum Gasteiger partial charge on any atom is 0.229 e. The van der Waals surface area contributed by atoms with E-state index in [1.807, 2.05) is 0 Å². The third-order valence-corrected chi connectivity index (χ3v) is 4.35. The number of carbonyl (C=O) groups excluding carboxylic acids is 1. The van der Waals surface area contributed by atoms with Gasteiger partial charge in [-0.1, -0.05) is 11.2 Å². The molecule has 0 radical (unpaired) electrons. The minimum absolute atomic E-state index is 0.0277. The summed E-state index contributed by atoms with van der Waals surface area (Å²) in [6.45, 7) is 3.06. The van der Waals surface area contributed by atoms with E-state index in [1.54, 1.807) is 11.8 Å². The molecule has 1 aliphatic heterocycles. The predicted octanol–water partition coefficient (Wildman–Crippen LogP) is 3.00. The summed E-state index contributed by atoms with van der Waals surface area (Å²) in [6, 6.07) is 3.75. The van der Waals surface area contributed by atoms with Crippen molar-refractivity contribution in [3.05, 3.63) is 47.1 Å². The Morgan fingerprint density at radius 1 is 1.29 bits per heavy atom. The minimum atomic E-state index is -0.879. The zero-order chi connectivity index (χ0) is 17.1. The van der Waals surface area contributed by atoms with Gasteiger partial charge in [-0.3, -0.25) is 4.79 Å². The van der Waals surface area contributed by atoms with Crippen LogP contribution >= 0.6 is 0 Å². The lowest BCUT2D eigenvalue weighted by atomic mass is 9.96. The second-order valence-electron chi connectivity index (χ2n) is 6.08. The normalized spacial score (nSPS) is 15.7. The second kappa shape index (κ2) is 7.07. The number of halogens is 2. The molecule has 1 amide bonds. The summed E-state index contributed by atoms with van der Waals surface area (Å²) in [5.41, 5.74) is 0.624. The van der Waals surface area contributed by atoms with Crippen LogP contribution in [-0.2, 0) is 11.2 Å². The molecule has 7 heteroatoms. The molecule has 128 valence electrons. The van der Waals surface area contributed by atoms with Gasteiger partial charge in [0.15, 0.2) is 17.5 Å². The number of benzene rings is 1. The van der Waals surface area contributed by atoms with E-state index in [1.165, 1.54) is 6.07 Å². The van der Waals surface area contributed by atoms with Crippen molar-refractivity contribution in [2.45, 2.75) is 38.5 Å². The second-order valence-corrected chi connectivity index (χ2v) is 6.08. The number of amides is 1. The number of carbonyl (C=O) groups is 1. The molecule has 0 N–H and O–H groups in total. The van der Waals surface area contributed by atoms with Gasteiger partial charge in [0, 0.05) is 25.4 Å². The molecule has 5 nitrogen and oxygen atoms in total. The number of rotatable bonds is 4. The fourth-order valence-electron chi connectivity index (χ4n) is 2.96. The number of likely N-dealkylation sites (tertiary alicyclic amines) is 1. The van der Waals surface area contributed by atoms with Crippen LogP contribution in [0.1, 0.15) is 42.5 Å². The van der Waals surface area contributed by atoms with Crippen molar-refractivity contribution < 1.29 is 18.1 Å². The van der Waals surface area contributed by atoms with Crippen molar-refractivity contribution in [2.24, 2.45) is 0 Å². The Morgan fingerprint density at radius 2 is 2.04 bits per heavy atom. The summed E-state index contributed by atoms with van der Waals surface area (Å²) in [7, 11) is 0. The van der Waals surface area contributed by atoms with Crippen molar-refractivity contribution >= 4 is 5.91 Å². The first-order valence-corrected chi connectivity index (χ1v) is 8.05. The molecule has 1 saturated heterocycles. The van der Waals surface area contributed by atoms with Gasteiger partial charge in [0.1, 0.15) is 0 Å². The first-order valence-electron chi connectivity index (χ1n) is 8.05. The number of aromatic nitrogens is 2. The molecule has 3 rings (SSSR count). The van der Waals surface area contributed by atoms with E-state index >= 15 is 0 Å². The van der Waals surface area contributed by atoms with Crippen molar-refractivity contribution in [1.82, 2.24) is 15.0 Å². The molecular weight excluding hydrogens is 316 g/mol. The van der Waals surface area contributed by atoms with Gasteiger partial charge in [0.05, 0.1) is 0 Å². The lowest BCUT2D eigenvalue weighted by Gasteiger charge is -2.30. The highest BCUT2D eigenvalue weighted by Gasteiger charge is 2.26. The topological polar surface area (TPSA) is 59.2 Å². The average Bonchev–Trinajstić information content (AvgIpc) is 3.02. The maximum atomic E-state index is 13.2. The molecule has 0 bridgehead atoms. The zero-order valence-corrected chi connectivity index (χ0v) is 13.5. The van der Waals surface area contributed by atoms with Crippen LogP contribution in [0.25, 0.3) is 0 Å². The molecule has 1 aromatic heterocycles. The summed E-state index contributed by atoms with van der Waals surface area (Å²) in [4.78, 5) is 18.3. The van der Waals surface area contributed by atoms with Crippen molar-refractivity contribution in [3.63, 3.8) is 0 Å². The highest BCUT2D eigenvalue weighted by molar-refractivity contribution is 5.76. The Labute approximate surface area is 138 Å². The Morgan fingerprint density at radius 3 is 2.67 bits per heavy atom. The van der Waals surface area contributed by atoms with Crippen molar-refractivity contribution in [1.29, 1.82) is 0 Å². The highest BCUT2D eigenvalue weighted by atomic mass is 19.2. The molecule has 2 heterocycles. The van der Waals surface area contributed by atoms with Gasteiger partial charge in [0.25, 0.3) is 0 Å². The van der Waals surface area contributed by atoms with E-state index in [4.69, 9.17) is 4.52 Å². The zero-order valence-electron chi connectivity index (χ0n) is 13.5. The van der Waals surface area contributed by atoms with Crippen LogP contribution in [0, 0.1) is 18.6 Å². The summed E-state index contributed by atoms with van der Waals surface area (Å²) < 4.78 is 31.3. The van der Waals surface area contributed by atoms with Gasteiger partial charge in [-0.2, -0.15) is 4.98 Å². The predicted molar refractivity (Wildman–Crippen MR) is 82.3 cm³/mol. The van der Waals surface area contributed by atoms with Gasteiger partial charge >= 0.3 is 0 Å². The third kappa shape index (κ3) is 3.77. The van der Waals surface area contributed by atoms with Crippen LogP contribution in [-0.4, -0.2) is 34.0 Å². The standard InChI is InChI=1S/C17H19F2N3O2/c1-11-20-17(24-21-11)13-6-8-22(9-7-13)16(23)5-3-12-2-4-14(18)15(19)10-12/h2,4,10,13H,3,5-9H2,1H3. The molecular formula is C17H19F2N3O2. The van der Waals surface area contributed by atoms with Gasteiger partial charge < -0.3 is 9.42 Å². The number of piperidine rings is 1. The third-order valence-electron chi connectivity index (χ3n) is 4.35. The summed E-state index contributed by atoms with van der Waals surface area (Å²) in [5, 5.41) is 3.80. The van der Waals surface area contributed by atoms with E-state index < -0.39 is 11.6 Å². The molecule has 0 spiro atoms. The fraction of sp³-hybridized carbons (Fsp3) is 0.471. The number of nitrogens with zero attached hydrogens (tertiary/aromatic N) is 3.